The minimum atomic E-state index is -0.391. The van der Waals surface area contributed by atoms with E-state index in [4.69, 9.17) is 0 Å². The fourth-order valence-corrected chi connectivity index (χ4v) is 2.50. The van der Waals surface area contributed by atoms with Gasteiger partial charge in [0, 0.05) is 25.7 Å². The Bertz CT molecular complexity index is 868. The van der Waals surface area contributed by atoms with E-state index in [2.05, 4.69) is 15.5 Å². The summed E-state index contributed by atoms with van der Waals surface area (Å²) in [6, 6.07) is 19.7. The minimum Gasteiger partial charge on any atom is -0.354 e. The van der Waals surface area contributed by atoms with Gasteiger partial charge in [-0.3, -0.25) is 4.79 Å². The van der Waals surface area contributed by atoms with Crippen LogP contribution in [0.3, 0.4) is 0 Å². The molecule has 2 aromatic carbocycles. The molecule has 0 spiro atoms. The standard InChI is InChI=1S/C20H19FN4O/c1-25(14-15-7-3-2-4-8-15)19-12-11-18(23-24-19)20(26)22-13-16-9-5-6-10-17(16)21/h2-12H,13-14H2,1H3,(H,22,26). The summed E-state index contributed by atoms with van der Waals surface area (Å²) in [5, 5.41) is 10.7. The van der Waals surface area contributed by atoms with E-state index in [1.807, 2.05) is 42.3 Å². The number of nitrogens with zero attached hydrogens (tertiary/aromatic N) is 3. The molecule has 0 unspecified atom stereocenters. The zero-order valence-electron chi connectivity index (χ0n) is 14.4. The van der Waals surface area contributed by atoms with Crippen molar-refractivity contribution >= 4 is 11.7 Å². The second-order valence-electron chi connectivity index (χ2n) is 5.89. The van der Waals surface area contributed by atoms with Gasteiger partial charge in [-0.2, -0.15) is 0 Å². The van der Waals surface area contributed by atoms with Crippen molar-refractivity contribution in [2.45, 2.75) is 13.1 Å². The van der Waals surface area contributed by atoms with Gasteiger partial charge in [-0.05, 0) is 23.8 Å². The Morgan fingerprint density at radius 2 is 1.73 bits per heavy atom. The number of anilines is 1. The van der Waals surface area contributed by atoms with Crippen molar-refractivity contribution in [1.29, 1.82) is 0 Å². The highest BCUT2D eigenvalue weighted by atomic mass is 19.1. The molecule has 1 heterocycles. The highest BCUT2D eigenvalue weighted by Crippen LogP contribution is 2.12. The van der Waals surface area contributed by atoms with Crippen molar-refractivity contribution in [2.75, 3.05) is 11.9 Å². The maximum absolute atomic E-state index is 13.6. The minimum absolute atomic E-state index is 0.100. The van der Waals surface area contributed by atoms with E-state index in [9.17, 15) is 9.18 Å². The molecule has 26 heavy (non-hydrogen) atoms. The first-order chi connectivity index (χ1) is 12.6. The van der Waals surface area contributed by atoms with Crippen molar-refractivity contribution in [3.05, 3.63) is 89.4 Å². The topological polar surface area (TPSA) is 58.1 Å². The summed E-state index contributed by atoms with van der Waals surface area (Å²) in [5.74, 6) is -0.0747. The van der Waals surface area contributed by atoms with Crippen LogP contribution in [0, 0.1) is 5.82 Å². The number of hydrogen-bond donors (Lipinski definition) is 1. The molecule has 1 aromatic heterocycles. The second-order valence-corrected chi connectivity index (χ2v) is 5.89. The van der Waals surface area contributed by atoms with Gasteiger partial charge in [0.2, 0.25) is 0 Å². The van der Waals surface area contributed by atoms with Gasteiger partial charge in [0.1, 0.15) is 5.82 Å². The maximum Gasteiger partial charge on any atom is 0.272 e. The van der Waals surface area contributed by atoms with Crippen LogP contribution in [0.2, 0.25) is 0 Å². The summed E-state index contributed by atoms with van der Waals surface area (Å²) >= 11 is 0. The van der Waals surface area contributed by atoms with Crippen LogP contribution in [0.5, 0.6) is 0 Å². The van der Waals surface area contributed by atoms with Crippen LogP contribution in [0.1, 0.15) is 21.6 Å². The molecule has 3 rings (SSSR count). The van der Waals surface area contributed by atoms with Crippen LogP contribution in [0.15, 0.2) is 66.7 Å². The zero-order chi connectivity index (χ0) is 18.4. The fourth-order valence-electron chi connectivity index (χ4n) is 2.50. The van der Waals surface area contributed by atoms with Crippen molar-refractivity contribution < 1.29 is 9.18 Å². The molecule has 0 radical (unpaired) electrons. The Balaban J connectivity index is 1.60. The molecule has 6 heteroatoms. The number of hydrogen-bond acceptors (Lipinski definition) is 4. The van der Waals surface area contributed by atoms with Gasteiger partial charge < -0.3 is 10.2 Å². The lowest BCUT2D eigenvalue weighted by molar-refractivity contribution is 0.0944. The van der Waals surface area contributed by atoms with Gasteiger partial charge >= 0.3 is 0 Å². The first-order valence-corrected chi connectivity index (χ1v) is 8.24. The van der Waals surface area contributed by atoms with Crippen LogP contribution < -0.4 is 10.2 Å². The van der Waals surface area contributed by atoms with Crippen molar-refractivity contribution in [2.24, 2.45) is 0 Å². The molecule has 0 aliphatic carbocycles. The molecule has 132 valence electrons. The van der Waals surface area contributed by atoms with E-state index in [1.54, 1.807) is 30.3 Å². The summed E-state index contributed by atoms with van der Waals surface area (Å²) in [4.78, 5) is 14.1. The van der Waals surface area contributed by atoms with Gasteiger partial charge in [0.15, 0.2) is 11.5 Å². The van der Waals surface area contributed by atoms with Crippen LogP contribution in [0.4, 0.5) is 10.2 Å². The third-order valence-corrected chi connectivity index (χ3v) is 3.93. The molecule has 1 N–H and O–H groups in total. The molecule has 0 saturated heterocycles. The van der Waals surface area contributed by atoms with E-state index >= 15 is 0 Å². The molecule has 0 saturated carbocycles. The average Bonchev–Trinajstić information content (AvgIpc) is 2.68. The molecule has 3 aromatic rings. The molecular formula is C20H19FN4O. The number of carbonyl (C=O) groups excluding carboxylic acids is 1. The summed E-state index contributed by atoms with van der Waals surface area (Å²) in [6.45, 7) is 0.789. The van der Waals surface area contributed by atoms with Crippen LogP contribution >= 0.6 is 0 Å². The van der Waals surface area contributed by atoms with Crippen molar-refractivity contribution in [3.63, 3.8) is 0 Å². The molecule has 0 aliphatic rings. The molecule has 0 atom stereocenters. The predicted octanol–water partition coefficient (Wildman–Crippen LogP) is 3.18. The average molecular weight is 350 g/mol. The van der Waals surface area contributed by atoms with E-state index in [1.165, 1.54) is 6.07 Å². The lowest BCUT2D eigenvalue weighted by Crippen LogP contribution is -2.25. The molecule has 0 aliphatic heterocycles. The zero-order valence-corrected chi connectivity index (χ0v) is 14.4. The Kier molecular flexibility index (Phi) is 5.53. The molecule has 0 fully saturated rings. The Hall–Kier alpha value is -3.28. The Morgan fingerprint density at radius 1 is 1.00 bits per heavy atom. The highest BCUT2D eigenvalue weighted by molar-refractivity contribution is 5.92. The number of aromatic nitrogens is 2. The number of nitrogens with one attached hydrogen (secondary N) is 1. The number of rotatable bonds is 6. The Morgan fingerprint density at radius 3 is 2.42 bits per heavy atom. The predicted molar refractivity (Wildman–Crippen MR) is 98.2 cm³/mol. The lowest BCUT2D eigenvalue weighted by atomic mass is 10.2. The van der Waals surface area contributed by atoms with Crippen LogP contribution in [0.25, 0.3) is 0 Å². The summed E-state index contributed by atoms with van der Waals surface area (Å²) in [7, 11) is 1.91. The number of carbonyl (C=O) groups is 1. The molecule has 1 amide bonds. The van der Waals surface area contributed by atoms with E-state index < -0.39 is 5.91 Å². The monoisotopic (exact) mass is 350 g/mol. The molecule has 5 nitrogen and oxygen atoms in total. The third-order valence-electron chi connectivity index (χ3n) is 3.93. The first-order valence-electron chi connectivity index (χ1n) is 8.24. The summed E-state index contributed by atoms with van der Waals surface area (Å²) in [5.41, 5.74) is 1.77. The highest BCUT2D eigenvalue weighted by Gasteiger charge is 2.11. The quantitative estimate of drug-likeness (QED) is 0.742. The van der Waals surface area contributed by atoms with Gasteiger partial charge in [0.25, 0.3) is 5.91 Å². The number of benzene rings is 2. The largest absolute Gasteiger partial charge is 0.354 e. The smallest absolute Gasteiger partial charge is 0.272 e. The fraction of sp³-hybridized carbons (Fsp3) is 0.150. The van der Waals surface area contributed by atoms with E-state index in [-0.39, 0.29) is 18.1 Å². The number of halogens is 1. The maximum atomic E-state index is 13.6. The number of amides is 1. The van der Waals surface area contributed by atoms with E-state index in [0.717, 1.165) is 5.56 Å². The molecular weight excluding hydrogens is 331 g/mol. The van der Waals surface area contributed by atoms with Gasteiger partial charge in [-0.1, -0.05) is 48.5 Å². The van der Waals surface area contributed by atoms with Gasteiger partial charge in [-0.25, -0.2) is 4.39 Å². The SMILES string of the molecule is CN(Cc1ccccc1)c1ccc(C(=O)NCc2ccccc2F)nn1. The molecule has 0 bridgehead atoms. The second kappa shape index (κ2) is 8.20. The van der Waals surface area contributed by atoms with Crippen molar-refractivity contribution in [3.8, 4) is 0 Å². The van der Waals surface area contributed by atoms with Crippen molar-refractivity contribution in [1.82, 2.24) is 15.5 Å². The summed E-state index contributed by atoms with van der Waals surface area (Å²) < 4.78 is 13.6. The van der Waals surface area contributed by atoms with Crippen LogP contribution in [-0.4, -0.2) is 23.2 Å². The third kappa shape index (κ3) is 4.42. The van der Waals surface area contributed by atoms with Crippen LogP contribution in [-0.2, 0) is 13.1 Å². The normalized spacial score (nSPS) is 10.4. The van der Waals surface area contributed by atoms with Gasteiger partial charge in [0.05, 0.1) is 0 Å². The first kappa shape index (κ1) is 17.5. The van der Waals surface area contributed by atoms with E-state index in [0.29, 0.717) is 17.9 Å². The van der Waals surface area contributed by atoms with Gasteiger partial charge in [-0.15, -0.1) is 10.2 Å². The lowest BCUT2D eigenvalue weighted by Gasteiger charge is -2.17. The Labute approximate surface area is 151 Å². The summed E-state index contributed by atoms with van der Waals surface area (Å²) in [6.07, 6.45) is 0.